The van der Waals surface area contributed by atoms with Crippen molar-refractivity contribution in [2.75, 3.05) is 26.2 Å². The summed E-state index contributed by atoms with van der Waals surface area (Å²) in [6.45, 7) is 4.40. The Bertz CT molecular complexity index is 134. The standard InChI is InChI=1S/C8H16N2O/c11-8-2-1-7(8)10-5-3-9-4-6-10/h7-9,11H,1-6H2/t7-,8-/m1/s1. The SMILES string of the molecule is O[C@@H]1CC[C@H]1N1CCNCC1. The Balaban J connectivity index is 1.83. The first-order chi connectivity index (χ1) is 5.38. The summed E-state index contributed by atoms with van der Waals surface area (Å²) in [6.07, 6.45) is 2.17. The second-order valence-corrected chi connectivity index (χ2v) is 3.50. The van der Waals surface area contributed by atoms with Crippen molar-refractivity contribution in [1.82, 2.24) is 10.2 Å². The van der Waals surface area contributed by atoms with Crippen molar-refractivity contribution in [3.05, 3.63) is 0 Å². The molecule has 0 unspecified atom stereocenters. The molecule has 2 fully saturated rings. The molecule has 2 atom stereocenters. The van der Waals surface area contributed by atoms with Crippen molar-refractivity contribution in [3.8, 4) is 0 Å². The van der Waals surface area contributed by atoms with E-state index < -0.39 is 0 Å². The van der Waals surface area contributed by atoms with E-state index in [9.17, 15) is 5.11 Å². The van der Waals surface area contributed by atoms with Crippen molar-refractivity contribution >= 4 is 0 Å². The smallest absolute Gasteiger partial charge is 0.0696 e. The number of hydrogen-bond donors (Lipinski definition) is 2. The molecule has 11 heavy (non-hydrogen) atoms. The number of nitrogens with zero attached hydrogens (tertiary/aromatic N) is 1. The summed E-state index contributed by atoms with van der Waals surface area (Å²) >= 11 is 0. The molecule has 2 aliphatic rings. The third-order valence-corrected chi connectivity index (χ3v) is 2.82. The third kappa shape index (κ3) is 1.41. The van der Waals surface area contributed by atoms with E-state index in [2.05, 4.69) is 10.2 Å². The highest BCUT2D eigenvalue weighted by molar-refractivity contribution is 4.90. The number of aliphatic hydroxyl groups excluding tert-OH is 1. The predicted octanol–water partition coefficient (Wildman–Crippen LogP) is -0.585. The average Bonchev–Trinajstić information content (AvgIpc) is 2.04. The Hall–Kier alpha value is -0.120. The first-order valence-electron chi connectivity index (χ1n) is 4.51. The zero-order valence-corrected chi connectivity index (χ0v) is 6.79. The summed E-state index contributed by atoms with van der Waals surface area (Å²) in [5.41, 5.74) is 0. The zero-order valence-electron chi connectivity index (χ0n) is 6.79. The van der Waals surface area contributed by atoms with Crippen LogP contribution in [0.4, 0.5) is 0 Å². The van der Waals surface area contributed by atoms with Gasteiger partial charge in [0, 0.05) is 32.2 Å². The zero-order chi connectivity index (χ0) is 7.68. The molecule has 0 bridgehead atoms. The molecule has 0 aromatic rings. The lowest BCUT2D eigenvalue weighted by atomic mass is 9.87. The normalized spacial score (nSPS) is 40.1. The van der Waals surface area contributed by atoms with Crippen LogP contribution in [0.3, 0.4) is 0 Å². The van der Waals surface area contributed by atoms with Crippen LogP contribution in [0.25, 0.3) is 0 Å². The summed E-state index contributed by atoms with van der Waals surface area (Å²) in [5.74, 6) is 0. The molecule has 3 nitrogen and oxygen atoms in total. The van der Waals surface area contributed by atoms with E-state index in [0.29, 0.717) is 6.04 Å². The molecule has 1 aliphatic heterocycles. The fourth-order valence-corrected chi connectivity index (χ4v) is 1.90. The van der Waals surface area contributed by atoms with E-state index in [1.165, 1.54) is 6.42 Å². The molecule has 64 valence electrons. The van der Waals surface area contributed by atoms with E-state index in [0.717, 1.165) is 32.6 Å². The van der Waals surface area contributed by atoms with Crippen molar-refractivity contribution in [2.24, 2.45) is 0 Å². The number of aliphatic hydroxyl groups is 1. The minimum absolute atomic E-state index is 0.0342. The Kier molecular flexibility index (Phi) is 2.11. The second kappa shape index (κ2) is 3.09. The molecule has 2 N–H and O–H groups in total. The molecule has 1 heterocycles. The van der Waals surface area contributed by atoms with Gasteiger partial charge in [0.1, 0.15) is 0 Å². The highest BCUT2D eigenvalue weighted by Gasteiger charge is 2.34. The summed E-state index contributed by atoms with van der Waals surface area (Å²) in [4.78, 5) is 2.41. The first kappa shape index (κ1) is 7.53. The van der Waals surface area contributed by atoms with E-state index in [1.54, 1.807) is 0 Å². The van der Waals surface area contributed by atoms with Crippen LogP contribution in [0, 0.1) is 0 Å². The summed E-state index contributed by atoms with van der Waals surface area (Å²) in [5, 5.41) is 12.7. The number of rotatable bonds is 1. The Labute approximate surface area is 67.4 Å². The van der Waals surface area contributed by atoms with E-state index in [-0.39, 0.29) is 6.10 Å². The van der Waals surface area contributed by atoms with Crippen molar-refractivity contribution < 1.29 is 5.11 Å². The van der Waals surface area contributed by atoms with Crippen LogP contribution >= 0.6 is 0 Å². The summed E-state index contributed by atoms with van der Waals surface area (Å²) in [6, 6.07) is 0.483. The van der Waals surface area contributed by atoms with Crippen LogP contribution in [0.5, 0.6) is 0 Å². The molecule has 0 amide bonds. The van der Waals surface area contributed by atoms with Crippen molar-refractivity contribution in [1.29, 1.82) is 0 Å². The molecular weight excluding hydrogens is 140 g/mol. The molecule has 1 saturated heterocycles. The third-order valence-electron chi connectivity index (χ3n) is 2.82. The average molecular weight is 156 g/mol. The van der Waals surface area contributed by atoms with Gasteiger partial charge in [-0.2, -0.15) is 0 Å². The van der Waals surface area contributed by atoms with Crippen LogP contribution in [0.15, 0.2) is 0 Å². The lowest BCUT2D eigenvalue weighted by molar-refractivity contribution is -0.0252. The van der Waals surface area contributed by atoms with Gasteiger partial charge in [-0.25, -0.2) is 0 Å². The molecule has 0 aromatic carbocycles. The van der Waals surface area contributed by atoms with Gasteiger partial charge >= 0.3 is 0 Å². The molecule has 1 aliphatic carbocycles. The minimum Gasteiger partial charge on any atom is -0.391 e. The largest absolute Gasteiger partial charge is 0.391 e. The first-order valence-corrected chi connectivity index (χ1v) is 4.51. The molecule has 1 saturated carbocycles. The highest BCUT2D eigenvalue weighted by atomic mass is 16.3. The van der Waals surface area contributed by atoms with E-state index >= 15 is 0 Å². The molecule has 0 spiro atoms. The maximum Gasteiger partial charge on any atom is 0.0696 e. The van der Waals surface area contributed by atoms with Crippen molar-refractivity contribution in [2.45, 2.75) is 25.0 Å². The Morgan fingerprint density at radius 3 is 2.36 bits per heavy atom. The topological polar surface area (TPSA) is 35.5 Å². The van der Waals surface area contributed by atoms with Gasteiger partial charge in [-0.3, -0.25) is 4.90 Å². The van der Waals surface area contributed by atoms with Gasteiger partial charge < -0.3 is 10.4 Å². The lowest BCUT2D eigenvalue weighted by Crippen LogP contribution is -2.56. The molecular formula is C8H16N2O. The van der Waals surface area contributed by atoms with Gasteiger partial charge in [0.2, 0.25) is 0 Å². The Morgan fingerprint density at radius 2 is 1.91 bits per heavy atom. The molecule has 2 rings (SSSR count). The van der Waals surface area contributed by atoms with E-state index in [4.69, 9.17) is 0 Å². The molecule has 3 heteroatoms. The second-order valence-electron chi connectivity index (χ2n) is 3.50. The quantitative estimate of drug-likeness (QED) is 0.533. The number of nitrogens with one attached hydrogen (secondary N) is 1. The van der Waals surface area contributed by atoms with Gasteiger partial charge in [0.15, 0.2) is 0 Å². The Morgan fingerprint density at radius 1 is 1.18 bits per heavy atom. The van der Waals surface area contributed by atoms with Crippen LogP contribution in [0.2, 0.25) is 0 Å². The molecule has 0 radical (unpaired) electrons. The maximum atomic E-state index is 9.40. The fourth-order valence-electron chi connectivity index (χ4n) is 1.90. The molecule has 0 aromatic heterocycles. The van der Waals surface area contributed by atoms with Gasteiger partial charge in [-0.1, -0.05) is 0 Å². The van der Waals surface area contributed by atoms with Crippen LogP contribution in [0.1, 0.15) is 12.8 Å². The van der Waals surface area contributed by atoms with Crippen LogP contribution in [-0.2, 0) is 0 Å². The van der Waals surface area contributed by atoms with Gasteiger partial charge in [0.05, 0.1) is 6.10 Å². The monoisotopic (exact) mass is 156 g/mol. The summed E-state index contributed by atoms with van der Waals surface area (Å²) in [7, 11) is 0. The highest BCUT2D eigenvalue weighted by Crippen LogP contribution is 2.25. The number of hydrogen-bond acceptors (Lipinski definition) is 3. The fraction of sp³-hybridized carbons (Fsp3) is 1.00. The lowest BCUT2D eigenvalue weighted by Gasteiger charge is -2.43. The van der Waals surface area contributed by atoms with Gasteiger partial charge in [-0.05, 0) is 12.8 Å². The minimum atomic E-state index is -0.0342. The van der Waals surface area contributed by atoms with Crippen molar-refractivity contribution in [3.63, 3.8) is 0 Å². The van der Waals surface area contributed by atoms with Gasteiger partial charge in [0.25, 0.3) is 0 Å². The number of piperazine rings is 1. The summed E-state index contributed by atoms with van der Waals surface area (Å²) < 4.78 is 0. The van der Waals surface area contributed by atoms with Crippen LogP contribution < -0.4 is 5.32 Å². The van der Waals surface area contributed by atoms with E-state index in [1.807, 2.05) is 0 Å². The van der Waals surface area contributed by atoms with Crippen LogP contribution in [-0.4, -0.2) is 48.3 Å². The predicted molar refractivity (Wildman–Crippen MR) is 43.5 cm³/mol. The van der Waals surface area contributed by atoms with Gasteiger partial charge in [-0.15, -0.1) is 0 Å². The maximum absolute atomic E-state index is 9.40.